The molecule has 0 bridgehead atoms. The number of nitrogen functional groups attached to an aromatic ring is 1. The van der Waals surface area contributed by atoms with Gasteiger partial charge in [-0.05, 0) is 31.9 Å². The second-order valence-electron chi connectivity index (χ2n) is 6.66. The number of aryl methyl sites for hydroxylation is 3. The van der Waals surface area contributed by atoms with Crippen molar-refractivity contribution < 1.29 is 9.32 Å². The number of amides is 1. The van der Waals surface area contributed by atoms with Crippen LogP contribution in [0.15, 0.2) is 28.8 Å². The highest BCUT2D eigenvalue weighted by atomic mass is 35.5. The van der Waals surface area contributed by atoms with E-state index >= 15 is 0 Å². The summed E-state index contributed by atoms with van der Waals surface area (Å²) in [6.07, 6.45) is 1.21. The van der Waals surface area contributed by atoms with Gasteiger partial charge in [0.15, 0.2) is 0 Å². The summed E-state index contributed by atoms with van der Waals surface area (Å²) < 4.78 is 5.23. The van der Waals surface area contributed by atoms with E-state index in [1.165, 1.54) is 5.56 Å². The zero-order chi connectivity index (χ0) is 17.8. The number of anilines is 1. The highest BCUT2D eigenvalue weighted by Crippen LogP contribution is 2.17. The van der Waals surface area contributed by atoms with E-state index < -0.39 is 0 Å². The van der Waals surface area contributed by atoms with E-state index in [1.807, 2.05) is 43.0 Å². The lowest BCUT2D eigenvalue weighted by Gasteiger charge is -2.34. The molecule has 150 valence electrons. The number of nitrogens with zero attached hydrogens (tertiary/aromatic N) is 3. The molecule has 0 atom stereocenters. The fourth-order valence-electron chi connectivity index (χ4n) is 3.27. The molecule has 1 aromatic carbocycles. The number of nitrogens with two attached hydrogens (primary N) is 1. The van der Waals surface area contributed by atoms with Crippen molar-refractivity contribution in [1.82, 2.24) is 15.0 Å². The van der Waals surface area contributed by atoms with E-state index in [1.54, 1.807) is 0 Å². The number of carbonyl (C=O) groups excluding carboxylic acids is 1. The zero-order valence-corrected chi connectivity index (χ0v) is 17.4. The van der Waals surface area contributed by atoms with E-state index in [0.29, 0.717) is 12.8 Å². The van der Waals surface area contributed by atoms with Gasteiger partial charge in [-0.1, -0.05) is 23.4 Å². The quantitative estimate of drug-likeness (QED) is 0.760. The fourth-order valence-corrected chi connectivity index (χ4v) is 3.27. The van der Waals surface area contributed by atoms with Gasteiger partial charge < -0.3 is 15.2 Å². The Balaban J connectivity index is 0.00000182. The number of halogens is 2. The van der Waals surface area contributed by atoms with E-state index in [9.17, 15) is 4.79 Å². The Hall–Kier alpha value is -1.76. The molecule has 2 heterocycles. The smallest absolute Gasteiger partial charge is 0.222 e. The molecule has 8 heteroatoms. The first-order valence-electron chi connectivity index (χ1n) is 8.80. The monoisotopic (exact) mass is 414 g/mol. The van der Waals surface area contributed by atoms with E-state index in [4.69, 9.17) is 10.3 Å². The van der Waals surface area contributed by atoms with Gasteiger partial charge in [-0.3, -0.25) is 9.69 Å². The van der Waals surface area contributed by atoms with Crippen molar-refractivity contribution in [3.05, 3.63) is 46.8 Å². The third-order valence-corrected chi connectivity index (χ3v) is 4.95. The lowest BCUT2D eigenvalue weighted by molar-refractivity contribution is -0.133. The summed E-state index contributed by atoms with van der Waals surface area (Å²) in [4.78, 5) is 16.8. The van der Waals surface area contributed by atoms with E-state index in [-0.39, 0.29) is 30.7 Å². The molecule has 27 heavy (non-hydrogen) atoms. The van der Waals surface area contributed by atoms with Crippen LogP contribution in [0.2, 0.25) is 0 Å². The van der Waals surface area contributed by atoms with Gasteiger partial charge >= 0.3 is 0 Å². The summed E-state index contributed by atoms with van der Waals surface area (Å²) in [6, 6.07) is 7.75. The molecule has 0 saturated carbocycles. The summed E-state index contributed by atoms with van der Waals surface area (Å²) in [5, 5.41) is 4.01. The predicted molar refractivity (Wildman–Crippen MR) is 112 cm³/mol. The standard InChI is InChI=1S/C19H26N4O2.2ClH/c1-14-17(15(2)25-21-14)13-22-9-11-23(12-10-22)19(24)8-7-16-5-3-4-6-18(16)20;;/h3-6H,7-13,20H2,1-2H3;2*1H. The first-order valence-corrected chi connectivity index (χ1v) is 8.80. The lowest BCUT2D eigenvalue weighted by atomic mass is 10.1. The molecule has 2 aromatic rings. The van der Waals surface area contributed by atoms with Crippen LogP contribution in [-0.4, -0.2) is 47.0 Å². The molecule has 2 N–H and O–H groups in total. The van der Waals surface area contributed by atoms with Gasteiger partial charge in [0.25, 0.3) is 0 Å². The minimum Gasteiger partial charge on any atom is -0.399 e. The predicted octanol–water partition coefficient (Wildman–Crippen LogP) is 2.99. The fraction of sp³-hybridized carbons (Fsp3) is 0.474. The average molecular weight is 415 g/mol. The number of benzene rings is 1. The molecule has 6 nitrogen and oxygen atoms in total. The molecule has 1 aliphatic heterocycles. The SMILES string of the molecule is Cc1noc(C)c1CN1CCN(C(=O)CCc2ccccc2N)CC1.Cl.Cl. The number of para-hydroxylation sites is 1. The molecule has 0 unspecified atom stereocenters. The highest BCUT2D eigenvalue weighted by molar-refractivity contribution is 5.85. The Morgan fingerprint density at radius 1 is 1.15 bits per heavy atom. The lowest BCUT2D eigenvalue weighted by Crippen LogP contribution is -2.48. The Labute approximate surface area is 172 Å². The molecule has 1 fully saturated rings. The van der Waals surface area contributed by atoms with Gasteiger partial charge in [0, 0.05) is 50.4 Å². The molecule has 0 aliphatic carbocycles. The Bertz CT molecular complexity index is 724. The Morgan fingerprint density at radius 3 is 2.41 bits per heavy atom. The maximum atomic E-state index is 12.5. The van der Waals surface area contributed by atoms with E-state index in [0.717, 1.165) is 55.4 Å². The van der Waals surface area contributed by atoms with Crippen LogP contribution in [-0.2, 0) is 17.8 Å². The molecular weight excluding hydrogens is 387 g/mol. The van der Waals surface area contributed by atoms with Crippen molar-refractivity contribution in [3.63, 3.8) is 0 Å². The molecule has 1 amide bonds. The van der Waals surface area contributed by atoms with Crippen molar-refractivity contribution in [2.75, 3.05) is 31.9 Å². The summed E-state index contributed by atoms with van der Waals surface area (Å²) in [5.74, 6) is 1.09. The number of piperazine rings is 1. The zero-order valence-electron chi connectivity index (χ0n) is 15.8. The molecule has 0 radical (unpaired) electrons. The van der Waals surface area contributed by atoms with Crippen molar-refractivity contribution in [2.24, 2.45) is 0 Å². The van der Waals surface area contributed by atoms with Gasteiger partial charge in [0.05, 0.1) is 5.69 Å². The maximum absolute atomic E-state index is 12.5. The minimum atomic E-state index is 0. The number of hydrogen-bond donors (Lipinski definition) is 1. The second kappa shape index (κ2) is 10.5. The minimum absolute atomic E-state index is 0. The molecule has 0 spiro atoms. The van der Waals surface area contributed by atoms with Crippen LogP contribution >= 0.6 is 24.8 Å². The first-order chi connectivity index (χ1) is 12.0. The van der Waals surface area contributed by atoms with Crippen LogP contribution in [0.4, 0.5) is 5.69 Å². The maximum Gasteiger partial charge on any atom is 0.222 e. The third kappa shape index (κ3) is 5.86. The Kier molecular flexibility index (Phi) is 9.09. The van der Waals surface area contributed by atoms with Gasteiger partial charge in [-0.15, -0.1) is 24.8 Å². The molecule has 3 rings (SSSR count). The number of rotatable bonds is 5. The summed E-state index contributed by atoms with van der Waals surface area (Å²) in [6.45, 7) is 8.06. The van der Waals surface area contributed by atoms with Gasteiger partial charge in [0.1, 0.15) is 5.76 Å². The second-order valence-corrected chi connectivity index (χ2v) is 6.66. The van der Waals surface area contributed by atoms with Gasteiger partial charge in [-0.2, -0.15) is 0 Å². The van der Waals surface area contributed by atoms with Crippen LogP contribution in [0, 0.1) is 13.8 Å². The molecule has 1 aromatic heterocycles. The van der Waals surface area contributed by atoms with E-state index in [2.05, 4.69) is 10.1 Å². The van der Waals surface area contributed by atoms with Gasteiger partial charge in [-0.25, -0.2) is 0 Å². The largest absolute Gasteiger partial charge is 0.399 e. The van der Waals surface area contributed by atoms with Crippen molar-refractivity contribution in [3.8, 4) is 0 Å². The third-order valence-electron chi connectivity index (χ3n) is 4.95. The van der Waals surface area contributed by atoms with Gasteiger partial charge in [0.2, 0.25) is 5.91 Å². The topological polar surface area (TPSA) is 75.6 Å². The molecule has 1 aliphatic rings. The summed E-state index contributed by atoms with van der Waals surface area (Å²) in [7, 11) is 0. The highest BCUT2D eigenvalue weighted by Gasteiger charge is 2.22. The average Bonchev–Trinajstić information content (AvgIpc) is 2.93. The normalized spacial score (nSPS) is 14.4. The van der Waals surface area contributed by atoms with Crippen LogP contribution in [0.1, 0.15) is 29.0 Å². The van der Waals surface area contributed by atoms with Crippen LogP contribution in [0.3, 0.4) is 0 Å². The first kappa shape index (κ1) is 23.3. The number of carbonyl (C=O) groups is 1. The Morgan fingerprint density at radius 2 is 1.81 bits per heavy atom. The van der Waals surface area contributed by atoms with Crippen molar-refractivity contribution >= 4 is 36.4 Å². The molecular formula is C19H28Cl2N4O2. The summed E-state index contributed by atoms with van der Waals surface area (Å²) >= 11 is 0. The van der Waals surface area contributed by atoms with Crippen LogP contribution in [0.5, 0.6) is 0 Å². The number of aromatic nitrogens is 1. The van der Waals surface area contributed by atoms with Crippen molar-refractivity contribution in [2.45, 2.75) is 33.2 Å². The number of hydrogen-bond acceptors (Lipinski definition) is 5. The van der Waals surface area contributed by atoms with Crippen molar-refractivity contribution in [1.29, 1.82) is 0 Å². The molecule has 1 saturated heterocycles. The van der Waals surface area contributed by atoms with Crippen LogP contribution < -0.4 is 5.73 Å². The summed E-state index contributed by atoms with van der Waals surface area (Å²) in [5.41, 5.74) is 9.88. The van der Waals surface area contributed by atoms with Crippen LogP contribution in [0.25, 0.3) is 0 Å².